The molecule has 4 amide bonds. The number of rotatable bonds is 10. The van der Waals surface area contributed by atoms with Gasteiger partial charge in [-0.05, 0) is 43.4 Å². The number of benzene rings is 1. The molecule has 1 fully saturated rings. The van der Waals surface area contributed by atoms with E-state index in [2.05, 4.69) is 16.0 Å². The third-order valence-electron chi connectivity index (χ3n) is 5.47. The first-order chi connectivity index (χ1) is 14.4. The predicted molar refractivity (Wildman–Crippen MR) is 119 cm³/mol. The minimum Gasteiger partial charge on any atom is -0.342 e. The van der Waals surface area contributed by atoms with Crippen LogP contribution in [0.2, 0.25) is 0 Å². The second kappa shape index (κ2) is 12.9. The Kier molecular flexibility index (Phi) is 10.2. The molecule has 7 heteroatoms. The summed E-state index contributed by atoms with van der Waals surface area (Å²) < 4.78 is 0. The molecule has 1 aromatic rings. The molecule has 0 radical (unpaired) electrons. The lowest BCUT2D eigenvalue weighted by molar-refractivity contribution is -0.128. The number of hydrogen-bond acceptors (Lipinski definition) is 3. The van der Waals surface area contributed by atoms with Crippen molar-refractivity contribution in [2.75, 3.05) is 18.9 Å². The molecule has 0 heterocycles. The number of unbranched alkanes of at least 4 members (excludes halogenated alkanes) is 2. The quantitative estimate of drug-likeness (QED) is 0.507. The van der Waals surface area contributed by atoms with E-state index in [1.54, 1.807) is 11.9 Å². The Morgan fingerprint density at radius 1 is 1.07 bits per heavy atom. The van der Waals surface area contributed by atoms with Gasteiger partial charge in [-0.25, -0.2) is 4.79 Å². The summed E-state index contributed by atoms with van der Waals surface area (Å²) in [6.07, 6.45) is 8.82. The molecule has 30 heavy (non-hydrogen) atoms. The highest BCUT2D eigenvalue weighted by atomic mass is 16.2. The van der Waals surface area contributed by atoms with Crippen molar-refractivity contribution in [2.24, 2.45) is 0 Å². The van der Waals surface area contributed by atoms with Gasteiger partial charge in [0, 0.05) is 45.2 Å². The Balaban J connectivity index is 1.56. The summed E-state index contributed by atoms with van der Waals surface area (Å²) in [5.41, 5.74) is 1.72. The third-order valence-corrected chi connectivity index (χ3v) is 5.47. The zero-order chi connectivity index (χ0) is 21.8. The van der Waals surface area contributed by atoms with Crippen LogP contribution < -0.4 is 16.0 Å². The first-order valence-corrected chi connectivity index (χ1v) is 11.1. The van der Waals surface area contributed by atoms with E-state index >= 15 is 0 Å². The highest BCUT2D eigenvalue weighted by Crippen LogP contribution is 2.17. The van der Waals surface area contributed by atoms with Crippen LogP contribution in [-0.2, 0) is 16.1 Å². The second-order valence-electron chi connectivity index (χ2n) is 8.17. The zero-order valence-corrected chi connectivity index (χ0v) is 18.3. The molecule has 7 nitrogen and oxygen atoms in total. The van der Waals surface area contributed by atoms with E-state index in [9.17, 15) is 14.4 Å². The summed E-state index contributed by atoms with van der Waals surface area (Å²) in [4.78, 5) is 37.0. The smallest absolute Gasteiger partial charge is 0.315 e. The molecule has 0 aromatic heterocycles. The van der Waals surface area contributed by atoms with Crippen molar-refractivity contribution in [3.05, 3.63) is 29.8 Å². The molecule has 1 aliphatic carbocycles. The molecule has 3 N–H and O–H groups in total. The van der Waals surface area contributed by atoms with Gasteiger partial charge in [0.15, 0.2) is 0 Å². The summed E-state index contributed by atoms with van der Waals surface area (Å²) in [6, 6.07) is 7.81. The molecular formula is C23H36N4O3. The molecule has 0 unspecified atom stereocenters. The maximum Gasteiger partial charge on any atom is 0.315 e. The molecule has 0 spiro atoms. The fraction of sp³-hybridized carbons (Fsp3) is 0.609. The van der Waals surface area contributed by atoms with Crippen LogP contribution in [0.4, 0.5) is 10.5 Å². The fourth-order valence-corrected chi connectivity index (χ4v) is 3.63. The first kappa shape index (κ1) is 23.7. The number of anilines is 1. The fourth-order valence-electron chi connectivity index (χ4n) is 3.63. The summed E-state index contributed by atoms with van der Waals surface area (Å²) >= 11 is 0. The third kappa shape index (κ3) is 9.29. The molecule has 166 valence electrons. The van der Waals surface area contributed by atoms with E-state index in [0.29, 0.717) is 25.6 Å². The molecule has 1 aliphatic rings. The molecular weight excluding hydrogens is 380 g/mol. The first-order valence-electron chi connectivity index (χ1n) is 11.1. The monoisotopic (exact) mass is 416 g/mol. The van der Waals surface area contributed by atoms with Gasteiger partial charge in [0.05, 0.1) is 0 Å². The highest BCUT2D eigenvalue weighted by Gasteiger charge is 2.15. The van der Waals surface area contributed by atoms with Crippen molar-refractivity contribution in [3.8, 4) is 0 Å². The predicted octanol–water partition coefficient (Wildman–Crippen LogP) is 3.80. The lowest BCUT2D eigenvalue weighted by Gasteiger charge is -2.22. The van der Waals surface area contributed by atoms with Gasteiger partial charge in [-0.15, -0.1) is 0 Å². The lowest BCUT2D eigenvalue weighted by atomic mass is 9.96. The number of amides is 4. The van der Waals surface area contributed by atoms with Crippen LogP contribution in [0.15, 0.2) is 24.3 Å². The standard InChI is InChI=1S/C23H36N4O3/c1-18(28)27(2)17-19-10-9-13-21(16-19)25-22(29)14-7-4-8-15-24-23(30)26-20-11-5-3-6-12-20/h9-10,13,16,20H,3-8,11-12,14-15,17H2,1-2H3,(H,25,29)(H2,24,26,30). The van der Waals surface area contributed by atoms with Gasteiger partial charge in [0.1, 0.15) is 0 Å². The number of nitrogens with one attached hydrogen (secondary N) is 3. The van der Waals surface area contributed by atoms with Crippen molar-refractivity contribution in [1.29, 1.82) is 0 Å². The maximum atomic E-state index is 12.2. The zero-order valence-electron chi connectivity index (χ0n) is 18.3. The minimum absolute atomic E-state index is 0.00500. The van der Waals surface area contributed by atoms with Crippen LogP contribution in [0, 0.1) is 0 Å². The summed E-state index contributed by atoms with van der Waals surface area (Å²) in [6.45, 7) is 2.68. The van der Waals surface area contributed by atoms with Crippen LogP contribution >= 0.6 is 0 Å². The summed E-state index contributed by atoms with van der Waals surface area (Å²) in [5.74, 6) is -0.0135. The van der Waals surface area contributed by atoms with Gasteiger partial charge in [-0.3, -0.25) is 9.59 Å². The molecule has 0 saturated heterocycles. The number of carbonyl (C=O) groups excluding carboxylic acids is 3. The topological polar surface area (TPSA) is 90.5 Å². The van der Waals surface area contributed by atoms with Crippen LogP contribution in [0.1, 0.15) is 70.3 Å². The summed E-state index contributed by atoms with van der Waals surface area (Å²) in [5, 5.41) is 8.87. The summed E-state index contributed by atoms with van der Waals surface area (Å²) in [7, 11) is 1.75. The van der Waals surface area contributed by atoms with Crippen molar-refractivity contribution in [3.63, 3.8) is 0 Å². The van der Waals surface area contributed by atoms with Gasteiger partial charge in [-0.2, -0.15) is 0 Å². The normalized spacial score (nSPS) is 14.1. The van der Waals surface area contributed by atoms with Crippen LogP contribution in [0.25, 0.3) is 0 Å². The minimum atomic E-state index is -0.0741. The number of hydrogen-bond donors (Lipinski definition) is 3. The van der Waals surface area contributed by atoms with E-state index in [1.165, 1.54) is 26.2 Å². The van der Waals surface area contributed by atoms with Crippen LogP contribution in [0.3, 0.4) is 0 Å². The molecule has 0 bridgehead atoms. The molecule has 0 atom stereocenters. The molecule has 1 aromatic carbocycles. The number of urea groups is 1. The van der Waals surface area contributed by atoms with Crippen molar-refractivity contribution >= 4 is 23.5 Å². The Morgan fingerprint density at radius 3 is 2.57 bits per heavy atom. The largest absolute Gasteiger partial charge is 0.342 e. The Labute approximate surface area is 180 Å². The van der Waals surface area contributed by atoms with Crippen molar-refractivity contribution < 1.29 is 14.4 Å². The van der Waals surface area contributed by atoms with E-state index in [0.717, 1.165) is 43.4 Å². The van der Waals surface area contributed by atoms with E-state index in [1.807, 2.05) is 24.3 Å². The Bertz CT molecular complexity index is 701. The van der Waals surface area contributed by atoms with Gasteiger partial charge >= 0.3 is 6.03 Å². The lowest BCUT2D eigenvalue weighted by Crippen LogP contribution is -2.43. The number of carbonyl (C=O) groups is 3. The van der Waals surface area contributed by atoms with E-state index in [4.69, 9.17) is 0 Å². The van der Waals surface area contributed by atoms with Gasteiger partial charge in [-0.1, -0.05) is 37.8 Å². The molecule has 0 aliphatic heterocycles. The maximum absolute atomic E-state index is 12.2. The van der Waals surface area contributed by atoms with E-state index in [-0.39, 0.29) is 17.8 Å². The average Bonchev–Trinajstić information content (AvgIpc) is 2.71. The number of nitrogens with zero attached hydrogens (tertiary/aromatic N) is 1. The van der Waals surface area contributed by atoms with Crippen LogP contribution in [-0.4, -0.2) is 42.4 Å². The highest BCUT2D eigenvalue weighted by molar-refractivity contribution is 5.90. The van der Waals surface area contributed by atoms with Crippen molar-refractivity contribution in [2.45, 2.75) is 77.3 Å². The van der Waals surface area contributed by atoms with Crippen molar-refractivity contribution in [1.82, 2.24) is 15.5 Å². The van der Waals surface area contributed by atoms with E-state index < -0.39 is 0 Å². The molecule has 2 rings (SSSR count). The van der Waals surface area contributed by atoms with Gasteiger partial charge < -0.3 is 20.9 Å². The SMILES string of the molecule is CC(=O)N(C)Cc1cccc(NC(=O)CCCCCNC(=O)NC2CCCCC2)c1. The van der Waals surface area contributed by atoms with Gasteiger partial charge in [0.25, 0.3) is 0 Å². The Hall–Kier alpha value is -2.57. The van der Waals surface area contributed by atoms with Crippen LogP contribution in [0.5, 0.6) is 0 Å². The second-order valence-corrected chi connectivity index (χ2v) is 8.17. The molecule has 1 saturated carbocycles. The van der Waals surface area contributed by atoms with Gasteiger partial charge in [0.2, 0.25) is 11.8 Å². The average molecular weight is 417 g/mol. The Morgan fingerprint density at radius 2 is 1.83 bits per heavy atom.